The highest BCUT2D eigenvalue weighted by Gasteiger charge is 2.33. The third-order valence-corrected chi connectivity index (χ3v) is 4.44. The molecule has 0 aliphatic heterocycles. The average Bonchev–Trinajstić information content (AvgIpc) is 3.03. The lowest BCUT2D eigenvalue weighted by Gasteiger charge is -2.11. The largest absolute Gasteiger partial charge is 0.378 e. The van der Waals surface area contributed by atoms with Crippen LogP contribution >= 0.6 is 0 Å². The number of rotatable bonds is 3. The van der Waals surface area contributed by atoms with Crippen molar-refractivity contribution in [2.75, 3.05) is 5.32 Å². The van der Waals surface area contributed by atoms with Gasteiger partial charge in [0.05, 0.1) is 6.54 Å². The van der Waals surface area contributed by atoms with Gasteiger partial charge >= 0.3 is 0 Å². The molecular formula is C20H17N3O2. The van der Waals surface area contributed by atoms with Gasteiger partial charge in [-0.15, -0.1) is 0 Å². The van der Waals surface area contributed by atoms with Crippen LogP contribution in [0.3, 0.4) is 0 Å². The molecule has 5 heteroatoms. The molecule has 4 rings (SSSR count). The number of carbonyl (C=O) groups is 2. The van der Waals surface area contributed by atoms with Crippen molar-refractivity contribution in [3.05, 3.63) is 70.7 Å². The van der Waals surface area contributed by atoms with Gasteiger partial charge < -0.3 is 10.3 Å². The predicted molar refractivity (Wildman–Crippen MR) is 95.9 cm³/mol. The Bertz CT molecular complexity index is 1020. The Morgan fingerprint density at radius 3 is 2.52 bits per heavy atom. The average molecular weight is 331 g/mol. The third-order valence-electron chi connectivity index (χ3n) is 4.44. The van der Waals surface area contributed by atoms with Gasteiger partial charge in [-0.2, -0.15) is 0 Å². The minimum atomic E-state index is -0.529. The van der Waals surface area contributed by atoms with Crippen molar-refractivity contribution < 1.29 is 9.59 Å². The predicted octanol–water partition coefficient (Wildman–Crippen LogP) is 3.68. The monoisotopic (exact) mass is 331 g/mol. The van der Waals surface area contributed by atoms with Crippen molar-refractivity contribution in [2.45, 2.75) is 20.4 Å². The number of nitrogens with zero attached hydrogens (tertiary/aromatic N) is 1. The Morgan fingerprint density at radius 1 is 1.00 bits per heavy atom. The smallest absolute Gasteiger partial charge is 0.251 e. The molecule has 25 heavy (non-hydrogen) atoms. The molecule has 0 radical (unpaired) electrons. The van der Waals surface area contributed by atoms with Gasteiger partial charge in [-0.1, -0.05) is 42.0 Å². The molecule has 0 unspecified atom stereocenters. The first-order valence-electron chi connectivity index (χ1n) is 8.13. The normalized spacial score (nSPS) is 12.7. The fraction of sp³-hybridized carbons (Fsp3) is 0.150. The molecule has 0 fully saturated rings. The minimum Gasteiger partial charge on any atom is -0.378 e. The summed E-state index contributed by atoms with van der Waals surface area (Å²) in [4.78, 5) is 32.1. The van der Waals surface area contributed by atoms with Gasteiger partial charge in [-0.05, 0) is 25.5 Å². The van der Waals surface area contributed by atoms with Gasteiger partial charge in [0.2, 0.25) is 5.78 Å². The molecular weight excluding hydrogens is 314 g/mol. The number of aromatic nitrogens is 2. The molecule has 0 bridgehead atoms. The summed E-state index contributed by atoms with van der Waals surface area (Å²) in [7, 11) is 0. The maximum atomic E-state index is 12.3. The third kappa shape index (κ3) is 2.54. The number of ketones is 2. The Balaban J connectivity index is 1.66. The van der Waals surface area contributed by atoms with Crippen LogP contribution in [0.5, 0.6) is 0 Å². The van der Waals surface area contributed by atoms with Crippen LogP contribution < -0.4 is 5.32 Å². The van der Waals surface area contributed by atoms with Crippen molar-refractivity contribution in [3.8, 4) is 11.3 Å². The topological polar surface area (TPSA) is 74.8 Å². The van der Waals surface area contributed by atoms with E-state index in [1.165, 1.54) is 5.56 Å². The zero-order valence-corrected chi connectivity index (χ0v) is 14.0. The molecule has 3 aromatic rings. The number of aromatic amines is 1. The quantitative estimate of drug-likeness (QED) is 0.718. The first-order chi connectivity index (χ1) is 12.0. The van der Waals surface area contributed by atoms with Crippen LogP contribution in [0.1, 0.15) is 37.8 Å². The fourth-order valence-electron chi connectivity index (χ4n) is 3.18. The van der Waals surface area contributed by atoms with E-state index < -0.39 is 11.6 Å². The van der Waals surface area contributed by atoms with Gasteiger partial charge in [-0.25, -0.2) is 4.98 Å². The molecule has 1 heterocycles. The first-order valence-corrected chi connectivity index (χ1v) is 8.13. The second-order valence-corrected chi connectivity index (χ2v) is 6.28. The summed E-state index contributed by atoms with van der Waals surface area (Å²) in [5.74, 6) is -0.387. The van der Waals surface area contributed by atoms with Gasteiger partial charge in [0, 0.05) is 16.8 Å². The summed E-state index contributed by atoms with van der Waals surface area (Å²) in [5, 5.41) is 3.33. The van der Waals surface area contributed by atoms with Crippen LogP contribution in [-0.2, 0) is 6.54 Å². The molecule has 1 aliphatic rings. The Labute approximate surface area is 145 Å². The second kappa shape index (κ2) is 5.70. The maximum Gasteiger partial charge on any atom is 0.251 e. The number of nitrogens with one attached hydrogen (secondary N) is 2. The van der Waals surface area contributed by atoms with Crippen molar-refractivity contribution in [3.63, 3.8) is 0 Å². The van der Waals surface area contributed by atoms with Crippen molar-refractivity contribution in [1.29, 1.82) is 0 Å². The SMILES string of the molecule is Cc1ccc(NCc2nc3c([nH]2)C(=O)C(=O)c2ccccc2-3)c(C)c1. The highest BCUT2D eigenvalue weighted by Crippen LogP contribution is 2.31. The molecule has 0 amide bonds. The van der Waals surface area contributed by atoms with Crippen LogP contribution in [0.4, 0.5) is 5.69 Å². The highest BCUT2D eigenvalue weighted by atomic mass is 16.2. The van der Waals surface area contributed by atoms with Gasteiger partial charge in [0.15, 0.2) is 0 Å². The minimum absolute atomic E-state index is 0.279. The molecule has 5 nitrogen and oxygen atoms in total. The molecule has 2 aromatic carbocycles. The summed E-state index contributed by atoms with van der Waals surface area (Å²) in [5.41, 5.74) is 5.32. The number of hydrogen-bond acceptors (Lipinski definition) is 4. The number of Topliss-reactive ketones (excluding diaryl/α,β-unsaturated/α-hetero) is 2. The van der Waals surface area contributed by atoms with Crippen molar-refractivity contribution >= 4 is 17.3 Å². The van der Waals surface area contributed by atoms with E-state index in [4.69, 9.17) is 0 Å². The standard InChI is InChI=1S/C20H17N3O2/c1-11-7-8-15(12(2)9-11)21-10-16-22-17-13-5-3-4-6-14(13)19(24)20(25)18(17)23-16/h3-9,21H,10H2,1-2H3,(H,22,23). The molecule has 0 saturated heterocycles. The number of hydrogen-bond donors (Lipinski definition) is 2. The van der Waals surface area contributed by atoms with E-state index in [0.717, 1.165) is 11.3 Å². The molecule has 2 N–H and O–H groups in total. The van der Waals surface area contributed by atoms with E-state index in [1.807, 2.05) is 31.2 Å². The Morgan fingerprint density at radius 2 is 1.76 bits per heavy atom. The Kier molecular flexibility index (Phi) is 3.50. The summed E-state index contributed by atoms with van der Waals surface area (Å²) >= 11 is 0. The lowest BCUT2D eigenvalue weighted by molar-refractivity contribution is 0.0812. The van der Waals surface area contributed by atoms with Crippen LogP contribution in [0.25, 0.3) is 11.3 Å². The molecule has 0 spiro atoms. The second-order valence-electron chi connectivity index (χ2n) is 6.28. The van der Waals surface area contributed by atoms with Crippen LogP contribution in [0, 0.1) is 13.8 Å². The van der Waals surface area contributed by atoms with Crippen LogP contribution in [0.15, 0.2) is 42.5 Å². The lowest BCUT2D eigenvalue weighted by atomic mass is 9.90. The van der Waals surface area contributed by atoms with E-state index >= 15 is 0 Å². The number of carbonyl (C=O) groups excluding carboxylic acids is 2. The molecule has 1 aromatic heterocycles. The van der Waals surface area contributed by atoms with E-state index in [9.17, 15) is 9.59 Å². The summed E-state index contributed by atoms with van der Waals surface area (Å²) in [6.07, 6.45) is 0. The molecule has 124 valence electrons. The molecule has 1 aliphatic carbocycles. The van der Waals surface area contributed by atoms with Crippen molar-refractivity contribution in [1.82, 2.24) is 9.97 Å². The lowest BCUT2D eigenvalue weighted by Crippen LogP contribution is -2.21. The van der Waals surface area contributed by atoms with Crippen LogP contribution in [0.2, 0.25) is 0 Å². The van der Waals surface area contributed by atoms with Gasteiger partial charge in [-0.3, -0.25) is 9.59 Å². The van der Waals surface area contributed by atoms with Gasteiger partial charge in [0.25, 0.3) is 5.78 Å². The molecule has 0 saturated carbocycles. The number of benzene rings is 2. The van der Waals surface area contributed by atoms with E-state index in [1.54, 1.807) is 12.1 Å². The summed E-state index contributed by atoms with van der Waals surface area (Å²) in [6.45, 7) is 4.54. The summed E-state index contributed by atoms with van der Waals surface area (Å²) in [6, 6.07) is 13.3. The number of aryl methyl sites for hydroxylation is 2. The number of anilines is 1. The van der Waals surface area contributed by atoms with Crippen LogP contribution in [-0.4, -0.2) is 21.5 Å². The molecule has 0 atom stereocenters. The van der Waals surface area contributed by atoms with Crippen molar-refractivity contribution in [2.24, 2.45) is 0 Å². The maximum absolute atomic E-state index is 12.3. The highest BCUT2D eigenvalue weighted by molar-refractivity contribution is 6.52. The number of fused-ring (bicyclic) bond motifs is 3. The van der Waals surface area contributed by atoms with E-state index in [-0.39, 0.29) is 5.69 Å². The zero-order valence-electron chi connectivity index (χ0n) is 14.0. The van der Waals surface area contributed by atoms with E-state index in [0.29, 0.717) is 29.2 Å². The Hall–Kier alpha value is -3.21. The number of imidazole rings is 1. The van der Waals surface area contributed by atoms with Gasteiger partial charge in [0.1, 0.15) is 17.2 Å². The first kappa shape index (κ1) is 15.3. The zero-order chi connectivity index (χ0) is 17.6. The number of H-pyrrole nitrogens is 1. The van der Waals surface area contributed by atoms with E-state index in [2.05, 4.69) is 28.3 Å². The fourth-order valence-corrected chi connectivity index (χ4v) is 3.18. The summed E-state index contributed by atoms with van der Waals surface area (Å²) < 4.78 is 0.